The fraction of sp³-hybridized carbons (Fsp3) is 0.621. The Morgan fingerprint density at radius 3 is 2.58 bits per heavy atom. The van der Waals surface area contributed by atoms with E-state index in [0.717, 1.165) is 69.2 Å². The van der Waals surface area contributed by atoms with E-state index in [4.69, 9.17) is 19.8 Å². The predicted octanol–water partition coefficient (Wildman–Crippen LogP) is 4.49. The molecule has 208 valence electrons. The van der Waals surface area contributed by atoms with Crippen LogP contribution in [0.25, 0.3) is 5.65 Å². The van der Waals surface area contributed by atoms with Crippen LogP contribution >= 0.6 is 0 Å². The number of fused-ring (bicyclic) bond motifs is 1. The molecular weight excluding hydrogens is 478 g/mol. The number of hydrogen-bond acceptors (Lipinski definition) is 8. The van der Waals surface area contributed by atoms with Crippen molar-refractivity contribution >= 4 is 17.3 Å². The van der Waals surface area contributed by atoms with Crippen LogP contribution in [0.1, 0.15) is 75.0 Å². The van der Waals surface area contributed by atoms with Crippen molar-refractivity contribution in [2.24, 2.45) is 0 Å². The Bertz CT molecular complexity index is 1170. The molecule has 0 bridgehead atoms. The molecule has 0 saturated carbocycles. The van der Waals surface area contributed by atoms with Crippen molar-refractivity contribution in [2.75, 3.05) is 51.1 Å². The molecule has 0 atom stereocenters. The average Bonchev–Trinajstić information content (AvgIpc) is 3.33. The molecule has 0 amide bonds. The van der Waals surface area contributed by atoms with Crippen LogP contribution in [-0.4, -0.2) is 76.5 Å². The van der Waals surface area contributed by atoms with Gasteiger partial charge in [-0.1, -0.05) is 38.8 Å². The Hall–Kier alpha value is -2.91. The normalized spacial score (nSPS) is 14.9. The lowest BCUT2D eigenvalue weighted by atomic mass is 10.0. The maximum absolute atomic E-state index is 8.99. The zero-order valence-electron chi connectivity index (χ0n) is 23.8. The lowest BCUT2D eigenvalue weighted by molar-refractivity contribution is 0.105. The molecule has 3 heterocycles. The molecule has 1 saturated heterocycles. The average molecular weight is 524 g/mol. The number of aryl methyl sites for hydroxylation is 1. The summed E-state index contributed by atoms with van der Waals surface area (Å²) in [4.78, 5) is 14.0. The summed E-state index contributed by atoms with van der Waals surface area (Å²) in [5.74, 6) is 0.936. The maximum Gasteiger partial charge on any atom is 0.322 e. The number of anilines is 2. The Morgan fingerprint density at radius 2 is 1.87 bits per heavy atom. The van der Waals surface area contributed by atoms with Crippen LogP contribution in [0.15, 0.2) is 24.4 Å². The molecular formula is C29H45N7O2. The quantitative estimate of drug-likeness (QED) is 0.317. The molecule has 1 aliphatic heterocycles. The van der Waals surface area contributed by atoms with Crippen LogP contribution in [0.2, 0.25) is 0 Å². The molecule has 3 aromatic rings. The Balaban J connectivity index is 1.53. The lowest BCUT2D eigenvalue weighted by Gasteiger charge is -2.28. The van der Waals surface area contributed by atoms with Gasteiger partial charge in [-0.25, -0.2) is 0 Å². The highest BCUT2D eigenvalue weighted by atomic mass is 16.5. The van der Waals surface area contributed by atoms with Gasteiger partial charge in [0.1, 0.15) is 6.10 Å². The molecule has 1 fully saturated rings. The fourth-order valence-corrected chi connectivity index (χ4v) is 5.00. The first-order chi connectivity index (χ1) is 18.4. The highest BCUT2D eigenvalue weighted by Crippen LogP contribution is 2.26. The number of likely N-dealkylation sites (tertiary alicyclic amines) is 1. The zero-order chi connectivity index (χ0) is 27.1. The van der Waals surface area contributed by atoms with Gasteiger partial charge in [0, 0.05) is 51.6 Å². The minimum atomic E-state index is 0.128. The van der Waals surface area contributed by atoms with Crippen molar-refractivity contribution in [3.05, 3.63) is 41.1 Å². The molecule has 9 heteroatoms. The number of nitrogens with one attached hydrogen (secondary N) is 1. The molecule has 2 aromatic heterocycles. The third kappa shape index (κ3) is 7.14. The van der Waals surface area contributed by atoms with Crippen LogP contribution in [0, 0.1) is 0 Å². The van der Waals surface area contributed by atoms with Gasteiger partial charge >= 0.3 is 6.01 Å². The number of nitrogens with zero attached hydrogens (tertiary/aromatic N) is 6. The molecule has 0 spiro atoms. The standard InChI is InChI=1S/C29H45N7O2/c1-21(2)25-20-31-36-27(25)32-29(38-24-13-15-35(5)16-14-24)33-28(36)30-19-23-12-11-22(18-26(23)34(3)4)10-8-6-7-9-17-37/h11-12,18,20-21,24,37H,6-10,13-17,19H2,1-5H3,(H,30,32,33). The number of rotatable bonds is 13. The van der Waals surface area contributed by atoms with Gasteiger partial charge < -0.3 is 25.0 Å². The number of piperidine rings is 1. The van der Waals surface area contributed by atoms with Crippen LogP contribution < -0.4 is 15.0 Å². The van der Waals surface area contributed by atoms with Gasteiger partial charge in [-0.2, -0.15) is 19.6 Å². The van der Waals surface area contributed by atoms with E-state index < -0.39 is 0 Å². The first kappa shape index (κ1) is 28.1. The molecule has 38 heavy (non-hydrogen) atoms. The second-order valence-corrected chi connectivity index (χ2v) is 11.0. The van der Waals surface area contributed by atoms with E-state index in [0.29, 0.717) is 24.4 Å². The topological polar surface area (TPSA) is 91.0 Å². The number of ether oxygens (including phenoxy) is 1. The second-order valence-electron chi connectivity index (χ2n) is 11.0. The monoisotopic (exact) mass is 523 g/mol. The minimum Gasteiger partial charge on any atom is -0.460 e. The van der Waals surface area contributed by atoms with Gasteiger partial charge in [-0.15, -0.1) is 0 Å². The zero-order valence-corrected chi connectivity index (χ0v) is 23.8. The van der Waals surface area contributed by atoms with Crippen molar-refractivity contribution in [1.82, 2.24) is 24.5 Å². The van der Waals surface area contributed by atoms with Crippen LogP contribution in [0.4, 0.5) is 11.6 Å². The highest BCUT2D eigenvalue weighted by molar-refractivity contribution is 5.57. The van der Waals surface area contributed by atoms with E-state index in [1.54, 1.807) is 4.52 Å². The first-order valence-electron chi connectivity index (χ1n) is 14.1. The SMILES string of the molecule is CC(C)c1cnn2c(NCc3ccc(CCCCCCO)cc3N(C)C)nc(OC3CCN(C)CC3)nc12. The summed E-state index contributed by atoms with van der Waals surface area (Å²) in [6, 6.07) is 7.15. The van der Waals surface area contributed by atoms with E-state index in [1.165, 1.54) is 16.8 Å². The van der Waals surface area contributed by atoms with Gasteiger partial charge in [0.2, 0.25) is 5.95 Å². The number of aliphatic hydroxyl groups is 1. The van der Waals surface area contributed by atoms with E-state index in [1.807, 2.05) is 6.20 Å². The predicted molar refractivity (Wildman–Crippen MR) is 153 cm³/mol. The summed E-state index contributed by atoms with van der Waals surface area (Å²) in [7, 11) is 6.32. The van der Waals surface area contributed by atoms with Gasteiger partial charge in [0.05, 0.1) is 6.20 Å². The number of unbranched alkanes of at least 4 members (excludes halogenated alkanes) is 3. The molecule has 1 aromatic carbocycles. The fourth-order valence-electron chi connectivity index (χ4n) is 5.00. The summed E-state index contributed by atoms with van der Waals surface area (Å²) < 4.78 is 8.09. The largest absolute Gasteiger partial charge is 0.460 e. The summed E-state index contributed by atoms with van der Waals surface area (Å²) in [6.45, 7) is 7.25. The van der Waals surface area contributed by atoms with E-state index in [9.17, 15) is 0 Å². The van der Waals surface area contributed by atoms with Crippen LogP contribution in [-0.2, 0) is 13.0 Å². The van der Waals surface area contributed by atoms with E-state index >= 15 is 0 Å². The van der Waals surface area contributed by atoms with Gasteiger partial charge in [-0.05, 0) is 62.3 Å². The Kier molecular flexibility index (Phi) is 9.80. The second kappa shape index (κ2) is 13.2. The Labute approximate surface area is 227 Å². The van der Waals surface area contributed by atoms with Gasteiger partial charge in [0.25, 0.3) is 0 Å². The summed E-state index contributed by atoms with van der Waals surface area (Å²) in [5.41, 5.74) is 5.61. The first-order valence-corrected chi connectivity index (χ1v) is 14.1. The maximum atomic E-state index is 8.99. The van der Waals surface area contributed by atoms with E-state index in [-0.39, 0.29) is 12.7 Å². The molecule has 2 N–H and O–H groups in total. The number of aliphatic hydroxyl groups excluding tert-OH is 1. The number of hydrogen-bond donors (Lipinski definition) is 2. The molecule has 0 unspecified atom stereocenters. The smallest absolute Gasteiger partial charge is 0.322 e. The Morgan fingerprint density at radius 1 is 1.11 bits per heavy atom. The summed E-state index contributed by atoms with van der Waals surface area (Å²) in [6.07, 6.45) is 9.29. The third-order valence-corrected chi connectivity index (χ3v) is 7.38. The number of aromatic nitrogens is 4. The molecule has 9 nitrogen and oxygen atoms in total. The van der Waals surface area contributed by atoms with Crippen molar-refractivity contribution in [2.45, 2.75) is 77.4 Å². The minimum absolute atomic E-state index is 0.128. The van der Waals surface area contributed by atoms with E-state index in [2.05, 4.69) is 73.4 Å². The summed E-state index contributed by atoms with van der Waals surface area (Å²) >= 11 is 0. The molecule has 4 rings (SSSR count). The van der Waals surface area contributed by atoms with Crippen molar-refractivity contribution in [1.29, 1.82) is 0 Å². The van der Waals surface area contributed by atoms with Crippen LogP contribution in [0.5, 0.6) is 6.01 Å². The van der Waals surface area contributed by atoms with Crippen molar-refractivity contribution < 1.29 is 9.84 Å². The molecule has 1 aliphatic rings. The number of benzene rings is 1. The van der Waals surface area contributed by atoms with Crippen molar-refractivity contribution in [3.63, 3.8) is 0 Å². The van der Waals surface area contributed by atoms with Gasteiger partial charge in [-0.3, -0.25) is 0 Å². The lowest BCUT2D eigenvalue weighted by Crippen LogP contribution is -2.36. The highest BCUT2D eigenvalue weighted by Gasteiger charge is 2.22. The molecule has 0 aliphatic carbocycles. The van der Waals surface area contributed by atoms with Gasteiger partial charge in [0.15, 0.2) is 5.65 Å². The third-order valence-electron chi connectivity index (χ3n) is 7.38. The van der Waals surface area contributed by atoms with Crippen LogP contribution in [0.3, 0.4) is 0 Å². The molecule has 0 radical (unpaired) electrons. The summed E-state index contributed by atoms with van der Waals surface area (Å²) in [5, 5.41) is 17.1. The van der Waals surface area contributed by atoms with Crippen molar-refractivity contribution in [3.8, 4) is 6.01 Å².